The van der Waals surface area contributed by atoms with Crippen LogP contribution in [-0.4, -0.2) is 16.3 Å². The summed E-state index contributed by atoms with van der Waals surface area (Å²) in [5.74, 6) is 0.216. The molecule has 0 spiro atoms. The molecule has 0 saturated heterocycles. The van der Waals surface area contributed by atoms with Crippen molar-refractivity contribution in [3.8, 4) is 28.1 Å². The lowest BCUT2D eigenvalue weighted by Gasteiger charge is -2.13. The van der Waals surface area contributed by atoms with Gasteiger partial charge in [-0.25, -0.2) is 4.98 Å². The number of benzene rings is 4. The summed E-state index contributed by atoms with van der Waals surface area (Å²) in [5, 5.41) is 13.2. The van der Waals surface area contributed by atoms with Crippen molar-refractivity contribution in [1.29, 1.82) is 0 Å². The quantitative estimate of drug-likeness (QED) is 0.277. The van der Waals surface area contributed by atoms with E-state index in [9.17, 15) is 5.11 Å². The third-order valence-corrected chi connectivity index (χ3v) is 6.44. The molecule has 0 aliphatic carbocycles. The van der Waals surface area contributed by atoms with E-state index < -0.39 is 0 Å². The Labute approximate surface area is 206 Å². The Morgan fingerprint density at radius 1 is 0.743 bits per heavy atom. The minimum Gasteiger partial charge on any atom is -0.507 e. The van der Waals surface area contributed by atoms with Crippen molar-refractivity contribution in [2.24, 2.45) is 4.99 Å². The number of fused-ring (bicyclic) bond motifs is 1. The molecule has 3 heteroatoms. The molecule has 0 radical (unpaired) electrons. The first-order chi connectivity index (χ1) is 16.9. The predicted octanol–water partition coefficient (Wildman–Crippen LogP) is 8.26. The average Bonchev–Trinajstić information content (AvgIpc) is 2.82. The molecule has 0 unspecified atom stereocenters. The zero-order chi connectivity index (χ0) is 24.5. The number of nitrogens with zero attached hydrogens (tertiary/aromatic N) is 2. The Morgan fingerprint density at radius 3 is 2.20 bits per heavy atom. The molecule has 4 aromatic carbocycles. The maximum atomic E-state index is 10.9. The predicted molar refractivity (Wildman–Crippen MR) is 147 cm³/mol. The second-order valence-corrected chi connectivity index (χ2v) is 9.16. The van der Waals surface area contributed by atoms with Gasteiger partial charge >= 0.3 is 0 Å². The largest absolute Gasteiger partial charge is 0.507 e. The lowest BCUT2D eigenvalue weighted by atomic mass is 9.92. The van der Waals surface area contributed by atoms with Gasteiger partial charge in [-0.3, -0.25) is 4.99 Å². The van der Waals surface area contributed by atoms with Crippen molar-refractivity contribution in [2.45, 2.75) is 27.7 Å². The Morgan fingerprint density at radius 2 is 1.46 bits per heavy atom. The van der Waals surface area contributed by atoms with Crippen LogP contribution in [0.4, 0.5) is 5.69 Å². The van der Waals surface area contributed by atoms with Crippen LogP contribution >= 0.6 is 0 Å². The summed E-state index contributed by atoms with van der Waals surface area (Å²) in [6, 6.07) is 28.4. The van der Waals surface area contributed by atoms with E-state index in [1.165, 1.54) is 27.6 Å². The van der Waals surface area contributed by atoms with Gasteiger partial charge in [0.2, 0.25) is 0 Å². The van der Waals surface area contributed by atoms with Gasteiger partial charge in [0.15, 0.2) is 0 Å². The van der Waals surface area contributed by atoms with Gasteiger partial charge < -0.3 is 5.11 Å². The Bertz CT molecular complexity index is 1570. The zero-order valence-electron chi connectivity index (χ0n) is 20.5. The molecule has 0 aliphatic heterocycles. The molecule has 35 heavy (non-hydrogen) atoms. The van der Waals surface area contributed by atoms with Crippen molar-refractivity contribution in [3.63, 3.8) is 0 Å². The summed E-state index contributed by atoms with van der Waals surface area (Å²) in [5.41, 5.74) is 10.1. The van der Waals surface area contributed by atoms with Gasteiger partial charge in [0.1, 0.15) is 5.75 Å². The minimum absolute atomic E-state index is 0.216. The van der Waals surface area contributed by atoms with E-state index in [1.807, 2.05) is 42.5 Å². The maximum Gasteiger partial charge on any atom is 0.125 e. The summed E-state index contributed by atoms with van der Waals surface area (Å²) in [6.45, 7) is 8.43. The number of hydrogen-bond donors (Lipinski definition) is 1. The molecule has 1 heterocycles. The van der Waals surface area contributed by atoms with Crippen LogP contribution in [0, 0.1) is 27.7 Å². The fourth-order valence-electron chi connectivity index (χ4n) is 4.96. The fraction of sp³-hybridized carbons (Fsp3) is 0.125. The lowest BCUT2D eigenvalue weighted by Crippen LogP contribution is -1.93. The molecule has 1 aromatic heterocycles. The molecule has 0 atom stereocenters. The first kappa shape index (κ1) is 22.5. The molecular formula is C32H28N2O. The normalized spacial score (nSPS) is 11.4. The van der Waals surface area contributed by atoms with Crippen LogP contribution in [0.5, 0.6) is 5.75 Å². The van der Waals surface area contributed by atoms with Gasteiger partial charge in [-0.05, 0) is 91.2 Å². The van der Waals surface area contributed by atoms with E-state index in [4.69, 9.17) is 9.98 Å². The van der Waals surface area contributed by atoms with E-state index in [0.717, 1.165) is 27.9 Å². The summed E-state index contributed by atoms with van der Waals surface area (Å²) >= 11 is 0. The van der Waals surface area contributed by atoms with E-state index in [1.54, 1.807) is 6.21 Å². The number of rotatable bonds is 4. The van der Waals surface area contributed by atoms with Crippen LogP contribution in [0.2, 0.25) is 0 Å². The number of aliphatic imine (C=N–C) groups is 1. The standard InChI is InChI=1S/C32H28N2O/c1-20-16-22(3)31(23(4)17-20)25-14-15-27(30(35)18-25)28-12-7-11-26(34-28)19-33-29-13-6-10-24-9-5-8-21(2)32(24)29/h5-19,35H,1-4H3. The molecule has 0 aliphatic rings. The number of phenols is 1. The molecule has 172 valence electrons. The van der Waals surface area contributed by atoms with Crippen LogP contribution < -0.4 is 0 Å². The van der Waals surface area contributed by atoms with E-state index in [0.29, 0.717) is 11.3 Å². The van der Waals surface area contributed by atoms with Crippen molar-refractivity contribution in [2.75, 3.05) is 0 Å². The first-order valence-corrected chi connectivity index (χ1v) is 11.8. The van der Waals surface area contributed by atoms with Crippen LogP contribution in [0.1, 0.15) is 27.9 Å². The molecule has 5 rings (SSSR count). The number of aromatic hydroxyl groups is 1. The van der Waals surface area contributed by atoms with Gasteiger partial charge in [-0.15, -0.1) is 0 Å². The summed E-state index contributed by atoms with van der Waals surface area (Å²) in [4.78, 5) is 9.51. The summed E-state index contributed by atoms with van der Waals surface area (Å²) in [7, 11) is 0. The van der Waals surface area contributed by atoms with Crippen molar-refractivity contribution >= 4 is 22.7 Å². The van der Waals surface area contributed by atoms with Crippen LogP contribution in [0.25, 0.3) is 33.2 Å². The van der Waals surface area contributed by atoms with E-state index in [2.05, 4.69) is 70.2 Å². The van der Waals surface area contributed by atoms with Gasteiger partial charge in [-0.1, -0.05) is 60.2 Å². The second-order valence-electron chi connectivity index (χ2n) is 9.16. The smallest absolute Gasteiger partial charge is 0.125 e. The third-order valence-electron chi connectivity index (χ3n) is 6.44. The Kier molecular flexibility index (Phi) is 5.92. The average molecular weight is 457 g/mol. The Hall–Kier alpha value is -4.24. The lowest BCUT2D eigenvalue weighted by molar-refractivity contribution is 0.477. The van der Waals surface area contributed by atoms with Gasteiger partial charge in [0.05, 0.1) is 23.3 Å². The first-order valence-electron chi connectivity index (χ1n) is 11.8. The molecule has 3 nitrogen and oxygen atoms in total. The summed E-state index contributed by atoms with van der Waals surface area (Å²) in [6.07, 6.45) is 1.79. The molecule has 0 bridgehead atoms. The van der Waals surface area contributed by atoms with E-state index >= 15 is 0 Å². The monoisotopic (exact) mass is 456 g/mol. The summed E-state index contributed by atoms with van der Waals surface area (Å²) < 4.78 is 0. The topological polar surface area (TPSA) is 45.5 Å². The van der Waals surface area contributed by atoms with Crippen molar-refractivity contribution in [1.82, 2.24) is 4.98 Å². The zero-order valence-corrected chi connectivity index (χ0v) is 20.5. The third kappa shape index (κ3) is 4.45. The molecule has 0 amide bonds. The highest BCUT2D eigenvalue weighted by Crippen LogP contribution is 2.35. The molecule has 0 saturated carbocycles. The minimum atomic E-state index is 0.216. The van der Waals surface area contributed by atoms with Gasteiger partial charge in [0.25, 0.3) is 0 Å². The van der Waals surface area contributed by atoms with Crippen molar-refractivity contribution in [3.05, 3.63) is 113 Å². The fourth-order valence-corrected chi connectivity index (χ4v) is 4.96. The maximum absolute atomic E-state index is 10.9. The van der Waals surface area contributed by atoms with Gasteiger partial charge in [-0.2, -0.15) is 0 Å². The molecule has 0 fully saturated rings. The number of pyridine rings is 1. The SMILES string of the molecule is Cc1cc(C)c(-c2ccc(-c3cccc(C=Nc4cccc5cccc(C)c45)n3)c(O)c2)c(C)c1. The highest BCUT2D eigenvalue weighted by Gasteiger charge is 2.12. The van der Waals surface area contributed by atoms with E-state index in [-0.39, 0.29) is 5.75 Å². The number of phenolic OH excluding ortho intramolecular Hbond substituents is 1. The van der Waals surface area contributed by atoms with Gasteiger partial charge in [0, 0.05) is 10.9 Å². The second kappa shape index (κ2) is 9.19. The highest BCUT2D eigenvalue weighted by molar-refractivity contribution is 5.97. The van der Waals surface area contributed by atoms with Crippen LogP contribution in [-0.2, 0) is 0 Å². The highest BCUT2D eigenvalue weighted by atomic mass is 16.3. The van der Waals surface area contributed by atoms with Crippen LogP contribution in [0.3, 0.4) is 0 Å². The number of aromatic nitrogens is 1. The molecule has 5 aromatic rings. The Balaban J connectivity index is 1.48. The number of hydrogen-bond acceptors (Lipinski definition) is 3. The number of aryl methyl sites for hydroxylation is 4. The molecular weight excluding hydrogens is 428 g/mol. The van der Waals surface area contributed by atoms with Crippen LogP contribution in [0.15, 0.2) is 89.9 Å². The molecule has 1 N–H and O–H groups in total. The van der Waals surface area contributed by atoms with Crippen molar-refractivity contribution < 1.29 is 5.11 Å².